The van der Waals surface area contributed by atoms with E-state index >= 15 is 0 Å². The Kier molecular flexibility index (Phi) is 3.38. The Morgan fingerprint density at radius 3 is 2.78 bits per heavy atom. The van der Waals surface area contributed by atoms with Gasteiger partial charge in [0.2, 0.25) is 0 Å². The second kappa shape index (κ2) is 4.81. The highest BCUT2D eigenvalue weighted by atomic mass is 35.5. The van der Waals surface area contributed by atoms with Crippen LogP contribution in [0.4, 0.5) is 5.69 Å². The molecule has 1 aromatic carbocycles. The number of benzene rings is 1. The summed E-state index contributed by atoms with van der Waals surface area (Å²) in [5, 5.41) is 10.6. The van der Waals surface area contributed by atoms with E-state index in [0.29, 0.717) is 6.42 Å². The minimum atomic E-state index is -0.709. The SMILES string of the molecule is C[C@H]1C[C@H](Oc2ccc([N+](=O)[O-])cc2Cl)C(=O)O1. The van der Waals surface area contributed by atoms with Gasteiger partial charge in [-0.2, -0.15) is 0 Å². The highest BCUT2D eigenvalue weighted by molar-refractivity contribution is 6.32. The van der Waals surface area contributed by atoms with E-state index in [1.165, 1.54) is 18.2 Å². The van der Waals surface area contributed by atoms with Gasteiger partial charge in [0.05, 0.1) is 9.95 Å². The maximum Gasteiger partial charge on any atom is 0.347 e. The highest BCUT2D eigenvalue weighted by Crippen LogP contribution is 2.31. The van der Waals surface area contributed by atoms with Gasteiger partial charge in [-0.3, -0.25) is 10.1 Å². The average Bonchev–Trinajstić information content (AvgIpc) is 2.60. The van der Waals surface area contributed by atoms with Crippen molar-refractivity contribution in [3.63, 3.8) is 0 Å². The van der Waals surface area contributed by atoms with Gasteiger partial charge in [-0.05, 0) is 13.0 Å². The van der Waals surface area contributed by atoms with E-state index in [1.54, 1.807) is 6.92 Å². The Morgan fingerprint density at radius 2 is 2.28 bits per heavy atom. The van der Waals surface area contributed by atoms with Gasteiger partial charge in [0.1, 0.15) is 11.9 Å². The number of carbonyl (C=O) groups is 1. The zero-order valence-electron chi connectivity index (χ0n) is 9.46. The summed E-state index contributed by atoms with van der Waals surface area (Å²) in [4.78, 5) is 21.4. The zero-order chi connectivity index (χ0) is 13.3. The predicted octanol–water partition coefficient (Wildman–Crippen LogP) is 2.33. The first-order valence-electron chi connectivity index (χ1n) is 5.28. The molecule has 1 aromatic rings. The van der Waals surface area contributed by atoms with Crippen LogP contribution < -0.4 is 4.74 Å². The molecular weight excluding hydrogens is 262 g/mol. The molecule has 1 aliphatic rings. The summed E-state index contributed by atoms with van der Waals surface area (Å²) in [6.45, 7) is 1.76. The normalized spacial score (nSPS) is 22.7. The summed E-state index contributed by atoms with van der Waals surface area (Å²) in [7, 11) is 0. The molecule has 0 aromatic heterocycles. The Balaban J connectivity index is 2.15. The van der Waals surface area contributed by atoms with Crippen molar-refractivity contribution in [2.24, 2.45) is 0 Å². The summed E-state index contributed by atoms with van der Waals surface area (Å²) >= 11 is 5.85. The third-order valence-corrected chi connectivity index (χ3v) is 2.82. The van der Waals surface area contributed by atoms with Gasteiger partial charge in [0.15, 0.2) is 6.10 Å². The van der Waals surface area contributed by atoms with E-state index in [-0.39, 0.29) is 22.6 Å². The van der Waals surface area contributed by atoms with Crippen molar-refractivity contribution < 1.29 is 19.2 Å². The fourth-order valence-corrected chi connectivity index (χ4v) is 1.89. The number of nitro groups is 1. The molecule has 0 N–H and O–H groups in total. The van der Waals surface area contributed by atoms with E-state index in [9.17, 15) is 14.9 Å². The van der Waals surface area contributed by atoms with Gasteiger partial charge in [-0.25, -0.2) is 4.79 Å². The van der Waals surface area contributed by atoms with E-state index in [0.717, 1.165) is 0 Å². The number of hydrogen-bond acceptors (Lipinski definition) is 5. The number of cyclic esters (lactones) is 1. The molecule has 0 aliphatic carbocycles. The number of ether oxygens (including phenoxy) is 2. The van der Waals surface area contributed by atoms with Crippen LogP contribution in [0.15, 0.2) is 18.2 Å². The smallest absolute Gasteiger partial charge is 0.347 e. The van der Waals surface area contributed by atoms with Crippen LogP contribution in [0.1, 0.15) is 13.3 Å². The quantitative estimate of drug-likeness (QED) is 0.479. The number of rotatable bonds is 3. The molecule has 2 rings (SSSR count). The van der Waals surface area contributed by atoms with Gasteiger partial charge in [-0.15, -0.1) is 0 Å². The summed E-state index contributed by atoms with van der Waals surface area (Å²) in [6.07, 6.45) is -0.468. The van der Waals surface area contributed by atoms with Crippen molar-refractivity contribution >= 4 is 23.3 Å². The van der Waals surface area contributed by atoms with Gasteiger partial charge in [-0.1, -0.05) is 11.6 Å². The van der Waals surface area contributed by atoms with E-state index in [1.807, 2.05) is 0 Å². The van der Waals surface area contributed by atoms with Crippen molar-refractivity contribution in [1.82, 2.24) is 0 Å². The topological polar surface area (TPSA) is 78.7 Å². The monoisotopic (exact) mass is 271 g/mol. The lowest BCUT2D eigenvalue weighted by Crippen LogP contribution is -2.21. The Labute approximate surface area is 108 Å². The lowest BCUT2D eigenvalue weighted by molar-refractivity contribution is -0.384. The third-order valence-electron chi connectivity index (χ3n) is 2.52. The molecule has 0 radical (unpaired) electrons. The van der Waals surface area contributed by atoms with Crippen molar-refractivity contribution in [2.45, 2.75) is 25.6 Å². The van der Waals surface area contributed by atoms with Crippen molar-refractivity contribution in [3.8, 4) is 5.75 Å². The van der Waals surface area contributed by atoms with Gasteiger partial charge >= 0.3 is 5.97 Å². The summed E-state index contributed by atoms with van der Waals surface area (Å²) in [5.74, 6) is -0.213. The fraction of sp³-hybridized carbons (Fsp3) is 0.364. The third kappa shape index (κ3) is 2.53. The summed E-state index contributed by atoms with van der Waals surface area (Å²) < 4.78 is 10.3. The first-order valence-corrected chi connectivity index (χ1v) is 5.66. The summed E-state index contributed by atoms with van der Waals surface area (Å²) in [6, 6.07) is 3.82. The lowest BCUT2D eigenvalue weighted by Gasteiger charge is -2.10. The molecule has 0 amide bonds. The van der Waals surface area contributed by atoms with Crippen LogP contribution in [0.2, 0.25) is 5.02 Å². The molecule has 1 saturated heterocycles. The van der Waals surface area contributed by atoms with Crippen LogP contribution in [0, 0.1) is 10.1 Å². The summed E-state index contributed by atoms with van der Waals surface area (Å²) in [5.41, 5.74) is -0.130. The van der Waals surface area contributed by atoms with Crippen LogP contribution >= 0.6 is 11.6 Å². The van der Waals surface area contributed by atoms with E-state index < -0.39 is 17.0 Å². The molecular formula is C11H10ClNO5. The van der Waals surface area contributed by atoms with Crippen LogP contribution in [0.25, 0.3) is 0 Å². The second-order valence-electron chi connectivity index (χ2n) is 3.96. The number of nitro benzene ring substituents is 1. The average molecular weight is 272 g/mol. The van der Waals surface area contributed by atoms with E-state index in [2.05, 4.69) is 0 Å². The van der Waals surface area contributed by atoms with Crippen LogP contribution in [-0.2, 0) is 9.53 Å². The van der Waals surface area contributed by atoms with Gasteiger partial charge in [0, 0.05) is 18.6 Å². The van der Waals surface area contributed by atoms with Crippen molar-refractivity contribution in [2.75, 3.05) is 0 Å². The Bertz CT molecular complexity index is 504. The van der Waals surface area contributed by atoms with Gasteiger partial charge < -0.3 is 9.47 Å². The number of hydrogen-bond donors (Lipinski definition) is 0. The molecule has 0 unspecified atom stereocenters. The molecule has 1 fully saturated rings. The maximum atomic E-state index is 11.4. The maximum absolute atomic E-state index is 11.4. The molecule has 18 heavy (non-hydrogen) atoms. The molecule has 0 saturated carbocycles. The van der Waals surface area contributed by atoms with Crippen LogP contribution in [0.3, 0.4) is 0 Å². The van der Waals surface area contributed by atoms with E-state index in [4.69, 9.17) is 21.1 Å². The highest BCUT2D eigenvalue weighted by Gasteiger charge is 2.34. The fourth-order valence-electron chi connectivity index (χ4n) is 1.67. The largest absolute Gasteiger partial charge is 0.477 e. The molecule has 1 aliphatic heterocycles. The standard InChI is InChI=1S/C11H10ClNO5/c1-6-4-10(11(14)17-6)18-9-3-2-7(13(15)16)5-8(9)12/h2-3,5-6,10H,4H2,1H3/t6-,10-/m0/s1. The number of esters is 1. The molecule has 96 valence electrons. The van der Waals surface area contributed by atoms with Crippen LogP contribution in [0.5, 0.6) is 5.75 Å². The number of carbonyl (C=O) groups excluding carboxylic acids is 1. The zero-order valence-corrected chi connectivity index (χ0v) is 10.2. The minimum Gasteiger partial charge on any atom is -0.477 e. The lowest BCUT2D eigenvalue weighted by atomic mass is 10.2. The van der Waals surface area contributed by atoms with Crippen molar-refractivity contribution in [3.05, 3.63) is 33.3 Å². The first-order chi connectivity index (χ1) is 8.47. The molecule has 6 nitrogen and oxygen atoms in total. The Hall–Kier alpha value is -1.82. The number of non-ortho nitro benzene ring substituents is 1. The minimum absolute atomic E-state index is 0.0940. The van der Waals surface area contributed by atoms with Gasteiger partial charge in [0.25, 0.3) is 5.69 Å². The Morgan fingerprint density at radius 1 is 1.56 bits per heavy atom. The second-order valence-corrected chi connectivity index (χ2v) is 4.37. The van der Waals surface area contributed by atoms with Crippen LogP contribution in [-0.4, -0.2) is 23.1 Å². The molecule has 2 atom stereocenters. The molecule has 1 heterocycles. The molecule has 0 spiro atoms. The molecule has 7 heteroatoms. The molecule has 0 bridgehead atoms. The number of nitrogens with zero attached hydrogens (tertiary/aromatic N) is 1. The first kappa shape index (κ1) is 12.6. The number of halogens is 1. The predicted molar refractivity (Wildman–Crippen MR) is 62.7 cm³/mol. The van der Waals surface area contributed by atoms with Crippen molar-refractivity contribution in [1.29, 1.82) is 0 Å².